The van der Waals surface area contributed by atoms with Gasteiger partial charge in [0.2, 0.25) is 0 Å². The van der Waals surface area contributed by atoms with E-state index in [1.165, 1.54) is 5.38 Å². The Morgan fingerprint density at radius 2 is 1.79 bits per heavy atom. The van der Waals surface area contributed by atoms with E-state index >= 15 is 0 Å². The Kier molecular flexibility index (Phi) is 7.83. The number of carbonyl (C=O) groups is 1. The Labute approximate surface area is 214 Å². The number of halogens is 4. The minimum absolute atomic E-state index is 0.00391. The highest BCUT2D eigenvalue weighted by Gasteiger charge is 2.23. The van der Waals surface area contributed by atoms with Crippen molar-refractivity contribution < 1.29 is 41.7 Å². The minimum atomic E-state index is -1.44. The summed E-state index contributed by atoms with van der Waals surface area (Å²) in [6.07, 6.45) is 0. The molecule has 0 aliphatic heterocycles. The average molecular weight is 554 g/mol. The number of aromatic amines is 1. The third kappa shape index (κ3) is 5.13. The number of fused-ring (bicyclic) bond motifs is 1. The second kappa shape index (κ2) is 11.1. The van der Waals surface area contributed by atoms with Gasteiger partial charge in [-0.1, -0.05) is 0 Å². The molecule has 0 amide bonds. The van der Waals surface area contributed by atoms with E-state index < -0.39 is 69.0 Å². The Morgan fingerprint density at radius 1 is 1.03 bits per heavy atom. The highest BCUT2D eigenvalue weighted by atomic mass is 32.1. The number of hydrogen-bond donors (Lipinski definition) is 2. The molecule has 0 unspecified atom stereocenters. The van der Waals surface area contributed by atoms with Crippen LogP contribution < -0.4 is 20.7 Å². The van der Waals surface area contributed by atoms with Crippen LogP contribution in [0.15, 0.2) is 39.2 Å². The normalized spacial score (nSPS) is 11.2. The number of hydrogen-bond acceptors (Lipinski definition) is 7. The van der Waals surface area contributed by atoms with E-state index in [-0.39, 0.29) is 34.4 Å². The van der Waals surface area contributed by atoms with E-state index in [9.17, 15) is 37.1 Å². The Bertz CT molecular complexity index is 1650. The zero-order chi connectivity index (χ0) is 27.6. The fraction of sp³-hybridized carbons (Fsp3) is 0.208. The number of aromatic nitrogens is 2. The van der Waals surface area contributed by atoms with Gasteiger partial charge in [-0.3, -0.25) is 4.79 Å². The molecule has 2 N–H and O–H groups in total. The lowest BCUT2D eigenvalue weighted by atomic mass is 10.2. The molecule has 0 saturated heterocycles. The van der Waals surface area contributed by atoms with Crippen LogP contribution in [0.25, 0.3) is 16.6 Å². The number of carboxylic acid groups (broad SMARTS) is 1. The summed E-state index contributed by atoms with van der Waals surface area (Å²) in [5, 5.41) is 10.2. The molecule has 4 aromatic rings. The summed E-state index contributed by atoms with van der Waals surface area (Å²) in [4.78, 5) is 38.9. The van der Waals surface area contributed by atoms with Gasteiger partial charge in [-0.15, -0.1) is 11.3 Å². The number of nitrogens with zero attached hydrogens (tertiary/aromatic N) is 1. The molecule has 2 heterocycles. The molecule has 2 aromatic heterocycles. The fourth-order valence-electron chi connectivity index (χ4n) is 3.56. The van der Waals surface area contributed by atoms with Crippen LogP contribution in [0.5, 0.6) is 11.5 Å². The largest absolute Gasteiger partial charge is 0.491 e. The van der Waals surface area contributed by atoms with Crippen LogP contribution in [0.3, 0.4) is 0 Å². The molecule has 0 spiro atoms. The second-order valence-corrected chi connectivity index (χ2v) is 8.52. The van der Waals surface area contributed by atoms with E-state index in [4.69, 9.17) is 14.2 Å². The van der Waals surface area contributed by atoms with Crippen LogP contribution in [-0.4, -0.2) is 40.4 Å². The van der Waals surface area contributed by atoms with Gasteiger partial charge in [0.05, 0.1) is 28.8 Å². The zero-order valence-corrected chi connectivity index (χ0v) is 20.3. The van der Waals surface area contributed by atoms with E-state index in [1.807, 2.05) is 0 Å². The summed E-state index contributed by atoms with van der Waals surface area (Å²) in [5.74, 6) is -7.42. The van der Waals surface area contributed by atoms with Gasteiger partial charge in [0.1, 0.15) is 23.8 Å². The maximum Gasteiger partial charge on any atom is 0.346 e. The van der Waals surface area contributed by atoms with Crippen molar-refractivity contribution in [1.82, 2.24) is 9.55 Å². The summed E-state index contributed by atoms with van der Waals surface area (Å²) in [6.45, 7) is 1.55. The van der Waals surface area contributed by atoms with Crippen molar-refractivity contribution in [3.8, 4) is 17.2 Å². The lowest BCUT2D eigenvalue weighted by Gasteiger charge is -2.15. The van der Waals surface area contributed by atoms with Crippen molar-refractivity contribution in [1.29, 1.82) is 0 Å². The third-order valence-electron chi connectivity index (χ3n) is 5.30. The van der Waals surface area contributed by atoms with Crippen LogP contribution in [0.2, 0.25) is 0 Å². The first-order valence-electron chi connectivity index (χ1n) is 10.9. The summed E-state index contributed by atoms with van der Waals surface area (Å²) in [5.41, 5.74) is -3.54. The first-order chi connectivity index (χ1) is 18.1. The number of H-pyrrole nitrogens is 1. The molecule has 200 valence electrons. The molecule has 0 fully saturated rings. The quantitative estimate of drug-likeness (QED) is 0.225. The van der Waals surface area contributed by atoms with Crippen molar-refractivity contribution in [2.75, 3.05) is 19.8 Å². The number of nitrogens with one attached hydrogen (secondary N) is 1. The monoisotopic (exact) mass is 554 g/mol. The summed E-state index contributed by atoms with van der Waals surface area (Å²) >= 11 is 0.678. The second-order valence-electron chi connectivity index (χ2n) is 7.64. The molecule has 4 rings (SSSR count). The van der Waals surface area contributed by atoms with E-state index in [0.717, 1.165) is 12.1 Å². The van der Waals surface area contributed by atoms with Crippen molar-refractivity contribution >= 4 is 28.2 Å². The van der Waals surface area contributed by atoms with Crippen molar-refractivity contribution in [3.05, 3.63) is 84.2 Å². The zero-order valence-electron chi connectivity index (χ0n) is 19.5. The predicted octanol–water partition coefficient (Wildman–Crippen LogP) is 3.99. The van der Waals surface area contributed by atoms with Crippen LogP contribution >= 0.6 is 11.3 Å². The molecule has 0 saturated carbocycles. The van der Waals surface area contributed by atoms with Crippen LogP contribution in [-0.2, 0) is 11.3 Å². The highest BCUT2D eigenvalue weighted by Crippen LogP contribution is 2.29. The maximum absolute atomic E-state index is 14.7. The fourth-order valence-corrected chi connectivity index (χ4v) is 4.39. The van der Waals surface area contributed by atoms with E-state index in [2.05, 4.69) is 4.98 Å². The number of rotatable bonds is 10. The molecule has 0 aliphatic carbocycles. The van der Waals surface area contributed by atoms with Gasteiger partial charge < -0.3 is 24.3 Å². The Hall–Kier alpha value is -4.17. The van der Waals surface area contributed by atoms with Gasteiger partial charge in [0.25, 0.3) is 5.56 Å². The van der Waals surface area contributed by atoms with Crippen LogP contribution in [0, 0.1) is 23.3 Å². The van der Waals surface area contributed by atoms with Crippen molar-refractivity contribution in [2.45, 2.75) is 13.5 Å². The number of benzene rings is 2. The summed E-state index contributed by atoms with van der Waals surface area (Å²) < 4.78 is 73.8. The van der Waals surface area contributed by atoms with Gasteiger partial charge >= 0.3 is 11.7 Å². The number of carboxylic acids is 1. The van der Waals surface area contributed by atoms with E-state index in [0.29, 0.717) is 30.1 Å². The summed E-state index contributed by atoms with van der Waals surface area (Å²) in [7, 11) is 0. The third-order valence-corrected chi connectivity index (χ3v) is 6.27. The average Bonchev–Trinajstić information content (AvgIpc) is 3.30. The van der Waals surface area contributed by atoms with Gasteiger partial charge in [-0.05, 0) is 19.1 Å². The van der Waals surface area contributed by atoms with Gasteiger partial charge in [-0.2, -0.15) is 0 Å². The van der Waals surface area contributed by atoms with Gasteiger partial charge in [0.15, 0.2) is 29.0 Å². The molecule has 14 heteroatoms. The van der Waals surface area contributed by atoms with Crippen molar-refractivity contribution in [2.24, 2.45) is 0 Å². The Morgan fingerprint density at radius 3 is 2.50 bits per heavy atom. The maximum atomic E-state index is 14.7. The first-order valence-corrected chi connectivity index (χ1v) is 11.8. The molecule has 2 aromatic carbocycles. The number of aromatic carboxylic acids is 1. The molecular weight excluding hydrogens is 536 g/mol. The molecule has 38 heavy (non-hydrogen) atoms. The molecule has 9 nitrogen and oxygen atoms in total. The minimum Gasteiger partial charge on any atom is -0.491 e. The SMILES string of the molecule is CCOCCOc1ccc(F)c(F)c1COc1cc(-n2c(=O)[nH]c3csc(C(=O)O)c3c2=O)c(F)cc1F. The van der Waals surface area contributed by atoms with Crippen molar-refractivity contribution in [3.63, 3.8) is 0 Å². The van der Waals surface area contributed by atoms with Crippen LogP contribution in [0.1, 0.15) is 22.2 Å². The molecule has 0 bridgehead atoms. The van der Waals surface area contributed by atoms with E-state index in [1.54, 1.807) is 6.92 Å². The molecule has 0 radical (unpaired) electrons. The smallest absolute Gasteiger partial charge is 0.346 e. The number of thiophene rings is 1. The topological polar surface area (TPSA) is 120 Å². The summed E-state index contributed by atoms with van der Waals surface area (Å²) in [6, 6.07) is 2.97. The van der Waals surface area contributed by atoms with Gasteiger partial charge in [-0.25, -0.2) is 31.7 Å². The molecule has 0 atom stereocenters. The molecular formula is C24H18F4N2O7S. The Balaban J connectivity index is 1.73. The van der Waals surface area contributed by atoms with Gasteiger partial charge in [0, 0.05) is 24.1 Å². The first kappa shape index (κ1) is 26.9. The van der Waals surface area contributed by atoms with Crippen LogP contribution in [0.4, 0.5) is 17.6 Å². The lowest BCUT2D eigenvalue weighted by Crippen LogP contribution is -2.34. The molecule has 0 aliphatic rings. The highest BCUT2D eigenvalue weighted by molar-refractivity contribution is 7.13. The lowest BCUT2D eigenvalue weighted by molar-refractivity contribution is 0.0704. The predicted molar refractivity (Wildman–Crippen MR) is 128 cm³/mol. The number of ether oxygens (including phenoxy) is 3. The standard InChI is InChI=1S/C24H18F4N2O7S/c1-2-35-5-6-36-17-4-3-12(25)20(28)11(17)9-37-18-8-16(13(26)7-14(18)27)30-22(31)19-15(29-24(30)34)10-38-21(19)23(32)33/h3-4,7-8,10H,2,5-6,9H2,1H3,(H,29,34)(H,32,33).